The first kappa shape index (κ1) is 14.2. The molecule has 1 aliphatic carbocycles. The third kappa shape index (κ3) is 2.69. The number of hydrogen-bond acceptors (Lipinski definition) is 3. The van der Waals surface area contributed by atoms with Crippen molar-refractivity contribution in [3.05, 3.63) is 29.8 Å². The molecule has 19 heavy (non-hydrogen) atoms. The largest absolute Gasteiger partial charge is 0.378 e. The van der Waals surface area contributed by atoms with Crippen molar-refractivity contribution in [1.82, 2.24) is 10.6 Å². The Kier molecular flexibility index (Phi) is 4.02. The van der Waals surface area contributed by atoms with Gasteiger partial charge < -0.3 is 15.5 Å². The molecule has 1 amide bonds. The van der Waals surface area contributed by atoms with E-state index in [1.807, 2.05) is 43.3 Å². The molecule has 2 atom stereocenters. The number of fused-ring (bicyclic) bond motifs is 1. The molecule has 1 aromatic carbocycles. The summed E-state index contributed by atoms with van der Waals surface area (Å²) in [5, 5.41) is 6.47. The first-order valence-electron chi connectivity index (χ1n) is 6.46. The number of rotatable bonds is 3. The van der Waals surface area contributed by atoms with Crippen LogP contribution in [0.25, 0.3) is 0 Å². The number of nitrogens with zero attached hydrogens (tertiary/aromatic N) is 1. The molecule has 1 saturated heterocycles. The third-order valence-corrected chi connectivity index (χ3v) is 4.01. The minimum atomic E-state index is 0. The van der Waals surface area contributed by atoms with Crippen LogP contribution in [0.3, 0.4) is 0 Å². The van der Waals surface area contributed by atoms with Crippen LogP contribution in [-0.4, -0.2) is 39.1 Å². The van der Waals surface area contributed by atoms with Crippen LogP contribution in [-0.2, 0) is 0 Å². The Morgan fingerprint density at radius 1 is 1.32 bits per heavy atom. The molecule has 3 rings (SSSR count). The Morgan fingerprint density at radius 3 is 2.63 bits per heavy atom. The molecule has 1 heterocycles. The lowest BCUT2D eigenvalue weighted by atomic mass is 10.2. The van der Waals surface area contributed by atoms with E-state index >= 15 is 0 Å². The number of halogens is 1. The molecule has 0 spiro atoms. The topological polar surface area (TPSA) is 44.4 Å². The van der Waals surface area contributed by atoms with E-state index in [-0.39, 0.29) is 18.3 Å². The molecule has 2 N–H and O–H groups in total. The number of nitrogens with one attached hydrogen (secondary N) is 2. The lowest BCUT2D eigenvalue weighted by Gasteiger charge is -2.14. The van der Waals surface area contributed by atoms with Gasteiger partial charge in [0.2, 0.25) is 0 Å². The summed E-state index contributed by atoms with van der Waals surface area (Å²) in [4.78, 5) is 14.2. The van der Waals surface area contributed by atoms with Gasteiger partial charge in [-0.2, -0.15) is 0 Å². The lowest BCUT2D eigenvalue weighted by molar-refractivity contribution is 0.0946. The monoisotopic (exact) mass is 281 g/mol. The second-order valence-corrected chi connectivity index (χ2v) is 5.43. The Hall–Kier alpha value is -1.26. The van der Waals surface area contributed by atoms with E-state index in [2.05, 4.69) is 10.6 Å². The Morgan fingerprint density at radius 2 is 2.00 bits per heavy atom. The number of carbonyl (C=O) groups is 1. The van der Waals surface area contributed by atoms with Gasteiger partial charge in [-0.3, -0.25) is 4.79 Å². The molecular weight excluding hydrogens is 262 g/mol. The van der Waals surface area contributed by atoms with Crippen molar-refractivity contribution in [2.24, 2.45) is 11.8 Å². The van der Waals surface area contributed by atoms with Crippen LogP contribution in [0.1, 0.15) is 10.4 Å². The molecule has 1 aromatic rings. The highest BCUT2D eigenvalue weighted by molar-refractivity contribution is 5.95. The maximum absolute atomic E-state index is 12.2. The SMILES string of the molecule is CN(C)c1cccc(C(=O)NC2C3CNCC32)c1.Cl. The minimum Gasteiger partial charge on any atom is -0.378 e. The Bertz CT molecular complexity index is 468. The predicted molar refractivity (Wildman–Crippen MR) is 79.1 cm³/mol. The molecule has 0 bridgehead atoms. The Balaban J connectivity index is 0.00000133. The summed E-state index contributed by atoms with van der Waals surface area (Å²) < 4.78 is 0. The van der Waals surface area contributed by atoms with Crippen molar-refractivity contribution in [2.45, 2.75) is 6.04 Å². The van der Waals surface area contributed by atoms with Gasteiger partial charge in [-0.25, -0.2) is 0 Å². The summed E-state index contributed by atoms with van der Waals surface area (Å²) in [5.74, 6) is 1.37. The molecule has 2 unspecified atom stereocenters. The molecule has 0 aromatic heterocycles. The minimum absolute atomic E-state index is 0. The fraction of sp³-hybridized carbons (Fsp3) is 0.500. The molecular formula is C14H20ClN3O. The van der Waals surface area contributed by atoms with Crippen LogP contribution in [0, 0.1) is 11.8 Å². The zero-order chi connectivity index (χ0) is 12.7. The quantitative estimate of drug-likeness (QED) is 0.873. The van der Waals surface area contributed by atoms with Gasteiger partial charge in [0.1, 0.15) is 0 Å². The highest BCUT2D eigenvalue weighted by atomic mass is 35.5. The van der Waals surface area contributed by atoms with E-state index in [9.17, 15) is 4.79 Å². The standard InChI is InChI=1S/C14H19N3O.ClH/c1-17(2)10-5-3-4-9(6-10)14(18)16-13-11-7-15-8-12(11)13;/h3-6,11-13,15H,7-8H2,1-2H3,(H,16,18);1H. The van der Waals surface area contributed by atoms with Crippen molar-refractivity contribution in [3.8, 4) is 0 Å². The van der Waals surface area contributed by atoms with Crippen LogP contribution >= 0.6 is 12.4 Å². The van der Waals surface area contributed by atoms with Crippen LogP contribution in [0.4, 0.5) is 5.69 Å². The zero-order valence-corrected chi connectivity index (χ0v) is 12.0. The highest BCUT2D eigenvalue weighted by Gasteiger charge is 2.53. The van der Waals surface area contributed by atoms with Gasteiger partial charge in [-0.15, -0.1) is 12.4 Å². The number of hydrogen-bond donors (Lipinski definition) is 2. The van der Waals surface area contributed by atoms with E-state index < -0.39 is 0 Å². The van der Waals surface area contributed by atoms with E-state index in [1.54, 1.807) is 0 Å². The maximum Gasteiger partial charge on any atom is 0.251 e. The van der Waals surface area contributed by atoms with Crippen LogP contribution in [0.5, 0.6) is 0 Å². The fourth-order valence-corrected chi connectivity index (χ4v) is 2.79. The summed E-state index contributed by atoms with van der Waals surface area (Å²) in [5.41, 5.74) is 1.81. The van der Waals surface area contributed by atoms with Gasteiger partial charge in [0, 0.05) is 44.5 Å². The third-order valence-electron chi connectivity index (χ3n) is 4.01. The van der Waals surface area contributed by atoms with Gasteiger partial charge in [0.05, 0.1) is 0 Å². The lowest BCUT2D eigenvalue weighted by Crippen LogP contribution is -2.32. The first-order chi connectivity index (χ1) is 8.66. The molecule has 0 radical (unpaired) electrons. The van der Waals surface area contributed by atoms with Crippen molar-refractivity contribution >= 4 is 24.0 Å². The number of carbonyl (C=O) groups excluding carboxylic acids is 1. The van der Waals surface area contributed by atoms with E-state index in [0.717, 1.165) is 24.3 Å². The van der Waals surface area contributed by atoms with E-state index in [1.165, 1.54) is 0 Å². The van der Waals surface area contributed by atoms with Crippen LogP contribution < -0.4 is 15.5 Å². The van der Waals surface area contributed by atoms with Gasteiger partial charge in [-0.1, -0.05) is 6.07 Å². The van der Waals surface area contributed by atoms with E-state index in [4.69, 9.17) is 0 Å². The molecule has 2 fully saturated rings. The maximum atomic E-state index is 12.2. The summed E-state index contributed by atoms with van der Waals surface area (Å²) in [6, 6.07) is 8.14. The smallest absolute Gasteiger partial charge is 0.251 e. The molecule has 2 aliphatic rings. The zero-order valence-electron chi connectivity index (χ0n) is 11.2. The molecule has 4 nitrogen and oxygen atoms in total. The average Bonchev–Trinajstić information content (AvgIpc) is 2.81. The molecule has 104 valence electrons. The molecule has 1 saturated carbocycles. The number of amides is 1. The predicted octanol–water partition coefficient (Wildman–Crippen LogP) is 1.12. The summed E-state index contributed by atoms with van der Waals surface area (Å²) in [6.45, 7) is 2.10. The Labute approximate surface area is 120 Å². The van der Waals surface area contributed by atoms with Crippen LogP contribution in [0.2, 0.25) is 0 Å². The first-order valence-corrected chi connectivity index (χ1v) is 6.46. The van der Waals surface area contributed by atoms with Crippen molar-refractivity contribution in [3.63, 3.8) is 0 Å². The van der Waals surface area contributed by atoms with Gasteiger partial charge in [0.15, 0.2) is 0 Å². The number of anilines is 1. The molecule has 5 heteroatoms. The fourth-order valence-electron chi connectivity index (χ4n) is 2.79. The number of piperidine rings is 1. The second kappa shape index (κ2) is 5.39. The summed E-state index contributed by atoms with van der Waals surface area (Å²) in [6.07, 6.45) is 0. The van der Waals surface area contributed by atoms with Gasteiger partial charge >= 0.3 is 0 Å². The normalized spacial score (nSPS) is 27.2. The van der Waals surface area contributed by atoms with Crippen LogP contribution in [0.15, 0.2) is 24.3 Å². The summed E-state index contributed by atoms with van der Waals surface area (Å²) in [7, 11) is 3.96. The molecule has 1 aliphatic heterocycles. The highest BCUT2D eigenvalue weighted by Crippen LogP contribution is 2.41. The van der Waals surface area contributed by atoms with Gasteiger partial charge in [0.25, 0.3) is 5.91 Å². The van der Waals surface area contributed by atoms with Crippen molar-refractivity contribution < 1.29 is 4.79 Å². The van der Waals surface area contributed by atoms with Crippen molar-refractivity contribution in [2.75, 3.05) is 32.1 Å². The van der Waals surface area contributed by atoms with Crippen molar-refractivity contribution in [1.29, 1.82) is 0 Å². The van der Waals surface area contributed by atoms with Gasteiger partial charge in [-0.05, 0) is 30.0 Å². The second-order valence-electron chi connectivity index (χ2n) is 5.43. The summed E-state index contributed by atoms with van der Waals surface area (Å²) >= 11 is 0. The average molecular weight is 282 g/mol. The van der Waals surface area contributed by atoms with E-state index in [0.29, 0.717) is 17.9 Å². The number of benzene rings is 1.